The lowest BCUT2D eigenvalue weighted by molar-refractivity contribution is 0.0972. The number of rotatable bonds is 27. The predicted molar refractivity (Wildman–Crippen MR) is 555 cm³/mol. The summed E-state index contributed by atoms with van der Waals surface area (Å²) in [7, 11) is -16.8. The van der Waals surface area contributed by atoms with Gasteiger partial charge in [-0.25, -0.2) is 76.6 Å². The zero-order valence-electron chi connectivity index (χ0n) is 84.7. The molecule has 0 radical (unpaired) electrons. The van der Waals surface area contributed by atoms with E-state index in [-0.39, 0.29) is 120 Å². The zero-order valence-corrected chi connectivity index (χ0v) is 88.0. The molecule has 770 valence electrons. The van der Waals surface area contributed by atoms with Gasteiger partial charge in [-0.2, -0.15) is 25.3 Å². The number of aliphatic hydroxyl groups is 1. The molecule has 11 N–H and O–H groups in total. The van der Waals surface area contributed by atoms with Gasteiger partial charge in [0.05, 0.1) is 69.2 Å². The van der Waals surface area contributed by atoms with Crippen molar-refractivity contribution in [2.45, 2.75) is 231 Å². The third-order valence-corrected chi connectivity index (χ3v) is 29.7. The van der Waals surface area contributed by atoms with E-state index in [0.717, 1.165) is 61.0 Å². The monoisotopic (exact) mass is 2050 g/mol. The van der Waals surface area contributed by atoms with E-state index < -0.39 is 69.5 Å². The van der Waals surface area contributed by atoms with Crippen LogP contribution in [-0.4, -0.2) is 182 Å². The molecule has 13 heterocycles. The third-order valence-electron chi connectivity index (χ3n) is 24.7. The van der Waals surface area contributed by atoms with Crippen molar-refractivity contribution in [3.8, 4) is 51.4 Å². The van der Waals surface area contributed by atoms with Gasteiger partial charge in [0.25, 0.3) is 63.7 Å². The summed E-state index contributed by atoms with van der Waals surface area (Å²) in [5.41, 5.74) is 22.5. The van der Waals surface area contributed by atoms with E-state index in [1.807, 2.05) is 99.3 Å². The van der Waals surface area contributed by atoms with Gasteiger partial charge >= 0.3 is 0 Å². The number of nitrogen functional groups attached to an aromatic ring is 3. The van der Waals surface area contributed by atoms with E-state index in [0.29, 0.717) is 107 Å². The van der Waals surface area contributed by atoms with Gasteiger partial charge in [-0.15, -0.1) is 0 Å². The Morgan fingerprint density at radius 1 is 0.486 bits per heavy atom. The smallest absolute Gasteiger partial charge is 0.281 e. The van der Waals surface area contributed by atoms with Crippen molar-refractivity contribution >= 4 is 104 Å². The van der Waals surface area contributed by atoms with Crippen molar-refractivity contribution in [2.75, 3.05) is 76.3 Å². The van der Waals surface area contributed by atoms with E-state index >= 15 is 0 Å². The van der Waals surface area contributed by atoms with Gasteiger partial charge in [-0.1, -0.05) is 84.9 Å². The maximum Gasteiger partial charge on any atom is 0.281 e. The molecule has 2 unspecified atom stereocenters. The standard InChI is InChI=1S/C29H34FN3O5S.2C26H32N6O4S.C22H31N5O3S.H2/c1-19-15-29(3,4)33(16-19)27-25(28(35)32-39(36,37)24-8-6-5-7-9-24)10-11-26(31-27)21-12-22(30)14-23(13-21)38-18-20(2)17-34;1-15(2)36-23-13-16(3)20(14-28-23)21-12-11-19(25(29-21)32-17(4)9-10-18(32)5)26(33)31-37(34,35)24-8-6-7-22(27)30-24;1-6-36-22-13-16(2)12-20(28-22)19-11-10-18(24(29-19)32-15-17(3)14-26(32,4)5)25(33)31-37(34,35)23-9-7-8-21(27)30-23;1-14-12-22(5,6)27(13-14)19-15(10-11-16(24-19)21(2,3)4)20(28)26-31(29,30)18-9-7-8-17(23)25-18;/h5-14,19-20,34H,15-18H2,1-4H3,(H,32,35);6-8,11-15,17-18H,9-10H2,1-5H3,(H2,27,30)(H,31,33);7-13,17H,6,14-15H2,1-5H3,(H2,27,30)(H,31,33);7-11,14H,12-13H2,1-6H3,(H2,23,25)(H,26,28);1H/t19-,20?;17-,18+;17-;;/m0.0../s1. The number of aliphatic hydroxyl groups excluding tert-OH is 1. The number of aromatic nitrogens is 9. The van der Waals surface area contributed by atoms with E-state index in [9.17, 15) is 62.3 Å². The average Bonchev–Trinajstić information content (AvgIpc) is 1.75. The number of pyridine rings is 9. The Hall–Kier alpha value is -13.6. The Balaban J connectivity index is 0.000000184. The normalized spacial score (nSPS) is 17.7. The van der Waals surface area contributed by atoms with Crippen LogP contribution < -0.4 is 69.9 Å². The number of nitrogens with one attached hydrogen (secondary N) is 4. The van der Waals surface area contributed by atoms with Crippen molar-refractivity contribution in [1.82, 2.24) is 63.7 Å². The summed E-state index contributed by atoms with van der Waals surface area (Å²) in [6, 6.07) is 43.4. The molecule has 2 aromatic carbocycles. The average molecular weight is 2050 g/mol. The number of nitrogens with zero attached hydrogens (tertiary/aromatic N) is 13. The molecule has 15 rings (SSSR count). The lowest BCUT2D eigenvalue weighted by atomic mass is 9.91. The first kappa shape index (κ1) is 109. The van der Waals surface area contributed by atoms with Gasteiger partial charge in [-0.05, 0) is 266 Å². The number of hydrogen-bond donors (Lipinski definition) is 8. The number of anilines is 7. The maximum atomic E-state index is 14.6. The molecule has 9 aromatic heterocycles. The molecular formula is C103H131FN20O16S4. The molecule has 0 bridgehead atoms. The number of aryl methyl sites for hydroxylation is 2. The van der Waals surface area contributed by atoms with Crippen molar-refractivity contribution in [1.29, 1.82) is 0 Å². The fourth-order valence-electron chi connectivity index (χ4n) is 18.1. The minimum atomic E-state index is -4.26. The van der Waals surface area contributed by atoms with Gasteiger partial charge < -0.3 is 56.1 Å². The summed E-state index contributed by atoms with van der Waals surface area (Å²) in [6.45, 7) is 43.3. The Morgan fingerprint density at radius 3 is 1.33 bits per heavy atom. The summed E-state index contributed by atoms with van der Waals surface area (Å²) in [5.74, 6) is 0.369. The van der Waals surface area contributed by atoms with Gasteiger partial charge in [0.2, 0.25) is 11.8 Å². The zero-order chi connectivity index (χ0) is 105. The third kappa shape index (κ3) is 26.7. The molecule has 36 nitrogen and oxygen atoms in total. The van der Waals surface area contributed by atoms with Crippen molar-refractivity contribution < 1.29 is 78.0 Å². The number of hydrogen-bond acceptors (Lipinski definition) is 32. The van der Waals surface area contributed by atoms with Crippen LogP contribution >= 0.6 is 0 Å². The first-order valence-corrected chi connectivity index (χ1v) is 53.4. The van der Waals surface area contributed by atoms with Crippen molar-refractivity contribution in [3.63, 3.8) is 0 Å². The SMILES string of the molecule is CC(CO)COc1cc(F)cc(-c2ccc(C(=O)NS(=O)(=O)c3ccccc3)c(N3C[C@@H](C)CC3(C)C)n2)c1.CC1CN(c2nc(C(C)(C)C)ccc2C(=O)NS(=O)(=O)c2cccc(N)n2)C(C)(C)C1.CCOc1cc(C)cc(-c2ccc(C(=O)NS(=O)(=O)c3cccc(N)n3)c(N3C[C@@H](C)CC3(C)C)n2)n1.Cc1cc(OC(C)C)ncc1-c1ccc(C(=O)NS(=O)(=O)c2cccc(N)n2)c(N2[C@H](C)CC[C@@H]2C)n1.[HH]. The largest absolute Gasteiger partial charge is 0.493 e. The fraction of sp³-hybridized carbons (Fsp3) is 0.408. The fourth-order valence-corrected chi connectivity index (χ4v) is 21.9. The number of carbonyl (C=O) groups is 4. The Labute approximate surface area is 843 Å². The number of benzene rings is 2. The van der Waals surface area contributed by atoms with Gasteiger partial charge in [0.15, 0.2) is 15.1 Å². The predicted octanol–water partition coefficient (Wildman–Crippen LogP) is 15.3. The Morgan fingerprint density at radius 2 is 0.910 bits per heavy atom. The van der Waals surface area contributed by atoms with E-state index in [2.05, 4.69) is 121 Å². The molecule has 0 aliphatic carbocycles. The Bertz CT molecular complexity index is 7080. The molecule has 0 spiro atoms. The molecule has 4 aliphatic heterocycles. The first-order valence-electron chi connectivity index (χ1n) is 47.4. The second kappa shape index (κ2) is 44.3. The van der Waals surface area contributed by atoms with Crippen molar-refractivity contribution in [2.24, 2.45) is 23.7 Å². The molecule has 4 amide bonds. The topological polar surface area (TPSA) is 508 Å². The lowest BCUT2D eigenvalue weighted by Crippen LogP contribution is -2.41. The number of halogens is 1. The molecule has 4 saturated heterocycles. The molecular weight excluding hydrogens is 1920 g/mol. The molecule has 11 aromatic rings. The highest BCUT2D eigenvalue weighted by atomic mass is 32.2. The van der Waals surface area contributed by atoms with Crippen molar-refractivity contribution in [3.05, 3.63) is 221 Å². The molecule has 144 heavy (non-hydrogen) atoms. The van der Waals surface area contributed by atoms with Crippen LogP contribution in [-0.2, 0) is 45.5 Å². The number of nitrogens with two attached hydrogens (primary N) is 3. The van der Waals surface area contributed by atoms with Gasteiger partial charge in [0.1, 0.15) is 52.3 Å². The van der Waals surface area contributed by atoms with Crippen LogP contribution in [0, 0.1) is 43.3 Å². The van der Waals surface area contributed by atoms with E-state index in [1.54, 1.807) is 72.9 Å². The minimum Gasteiger partial charge on any atom is -0.493 e. The minimum absolute atomic E-state index is 0. The number of sulfonamides is 4. The van der Waals surface area contributed by atoms with Crippen LogP contribution in [0.25, 0.3) is 33.9 Å². The second-order valence-electron chi connectivity index (χ2n) is 40.2. The van der Waals surface area contributed by atoms with Crippen LogP contribution in [0.4, 0.5) is 45.1 Å². The second-order valence-corrected chi connectivity index (χ2v) is 46.8. The summed E-state index contributed by atoms with van der Waals surface area (Å²) < 4.78 is 143. The molecule has 4 fully saturated rings. The summed E-state index contributed by atoms with van der Waals surface area (Å²) in [4.78, 5) is 101. The molecule has 4 aliphatic rings. The number of amides is 4. The van der Waals surface area contributed by atoms with Crippen LogP contribution in [0.1, 0.15) is 216 Å². The lowest BCUT2D eigenvalue weighted by Gasteiger charge is -2.34. The number of ether oxygens (including phenoxy) is 3. The first-order chi connectivity index (χ1) is 67.4. The van der Waals surface area contributed by atoms with Crippen LogP contribution in [0.3, 0.4) is 0 Å². The van der Waals surface area contributed by atoms with Gasteiger partial charge in [0, 0.05) is 109 Å². The van der Waals surface area contributed by atoms with E-state index in [1.165, 1.54) is 84.9 Å². The quantitative estimate of drug-likeness (QED) is 0.0237. The van der Waals surface area contributed by atoms with Crippen LogP contribution in [0.5, 0.6) is 17.5 Å². The van der Waals surface area contributed by atoms with Crippen LogP contribution in [0.2, 0.25) is 0 Å². The highest BCUT2D eigenvalue weighted by molar-refractivity contribution is 7.91. The van der Waals surface area contributed by atoms with Gasteiger partial charge in [-0.3, -0.25) is 19.2 Å². The Kier molecular flexibility index (Phi) is 33.6. The van der Waals surface area contributed by atoms with Crippen LogP contribution in [0.15, 0.2) is 196 Å². The van der Waals surface area contributed by atoms with E-state index in [4.69, 9.17) is 51.3 Å². The summed E-state index contributed by atoms with van der Waals surface area (Å²) in [5, 5.41) is 8.28. The molecule has 0 saturated carbocycles. The number of carbonyl (C=O) groups excluding carboxylic acids is 4. The maximum absolute atomic E-state index is 14.6. The molecule has 41 heteroatoms. The summed E-state index contributed by atoms with van der Waals surface area (Å²) in [6.07, 6.45) is 6.25. The highest BCUT2D eigenvalue weighted by Gasteiger charge is 2.44. The molecule has 6 atom stereocenters. The highest BCUT2D eigenvalue weighted by Crippen LogP contribution is 2.44. The summed E-state index contributed by atoms with van der Waals surface area (Å²) >= 11 is 0.